The quantitative estimate of drug-likeness (QED) is 0.846. The summed E-state index contributed by atoms with van der Waals surface area (Å²) in [6, 6.07) is 10.4. The van der Waals surface area contributed by atoms with E-state index in [1.807, 2.05) is 32.0 Å². The van der Waals surface area contributed by atoms with E-state index in [2.05, 4.69) is 27.1 Å². The average Bonchev–Trinajstić information content (AvgIpc) is 2.36. The van der Waals surface area contributed by atoms with Gasteiger partial charge in [0.1, 0.15) is 0 Å². The first-order valence-corrected chi connectivity index (χ1v) is 6.97. The highest BCUT2D eigenvalue weighted by molar-refractivity contribution is 7.98. The molecule has 2 rings (SSSR count). The Balaban J connectivity index is 2.05. The van der Waals surface area contributed by atoms with Gasteiger partial charge in [0.05, 0.1) is 6.10 Å². The van der Waals surface area contributed by atoms with E-state index in [9.17, 15) is 0 Å². The highest BCUT2D eigenvalue weighted by atomic mass is 32.2. The Labute approximate surface area is 116 Å². The molecule has 0 amide bonds. The van der Waals surface area contributed by atoms with Gasteiger partial charge in [0.15, 0.2) is 5.16 Å². The third-order valence-electron chi connectivity index (χ3n) is 2.16. The second-order valence-corrected chi connectivity index (χ2v) is 5.14. The van der Waals surface area contributed by atoms with Crippen molar-refractivity contribution in [2.75, 3.05) is 5.73 Å². The molecular weight excluding hydrogens is 260 g/mol. The number of hydrogen-bond acceptors (Lipinski definition) is 6. The number of rotatable bonds is 5. The molecule has 2 N–H and O–H groups in total. The van der Waals surface area contributed by atoms with Crippen LogP contribution < -0.4 is 10.5 Å². The Morgan fingerprint density at radius 2 is 1.89 bits per heavy atom. The maximum Gasteiger partial charge on any atom is 0.322 e. The number of benzene rings is 1. The van der Waals surface area contributed by atoms with Crippen molar-refractivity contribution in [3.8, 4) is 6.01 Å². The Morgan fingerprint density at radius 1 is 1.16 bits per heavy atom. The smallest absolute Gasteiger partial charge is 0.322 e. The molecule has 6 heteroatoms. The molecule has 1 heterocycles. The minimum atomic E-state index is 0.00812. The van der Waals surface area contributed by atoms with Gasteiger partial charge < -0.3 is 10.5 Å². The third-order valence-corrected chi connectivity index (χ3v) is 3.08. The van der Waals surface area contributed by atoms with Crippen molar-refractivity contribution >= 4 is 17.7 Å². The molecule has 0 fully saturated rings. The number of thioether (sulfide) groups is 1. The monoisotopic (exact) mass is 276 g/mol. The Hall–Kier alpha value is -1.82. The first-order chi connectivity index (χ1) is 9.13. The van der Waals surface area contributed by atoms with Crippen molar-refractivity contribution in [2.24, 2.45) is 0 Å². The predicted octanol–water partition coefficient (Wildman–Crippen LogP) is 2.53. The summed E-state index contributed by atoms with van der Waals surface area (Å²) >= 11 is 1.51. The normalized spacial score (nSPS) is 10.7. The number of anilines is 1. The largest absolute Gasteiger partial charge is 0.461 e. The lowest BCUT2D eigenvalue weighted by molar-refractivity contribution is 0.219. The topological polar surface area (TPSA) is 73.9 Å². The Morgan fingerprint density at radius 3 is 2.58 bits per heavy atom. The Kier molecular flexibility index (Phi) is 4.57. The summed E-state index contributed by atoms with van der Waals surface area (Å²) < 4.78 is 5.43. The molecule has 0 bridgehead atoms. The van der Waals surface area contributed by atoms with Gasteiger partial charge in [0.25, 0.3) is 0 Å². The molecule has 0 aliphatic carbocycles. The molecule has 0 saturated carbocycles. The van der Waals surface area contributed by atoms with E-state index in [-0.39, 0.29) is 18.1 Å². The van der Waals surface area contributed by atoms with Gasteiger partial charge in [-0.1, -0.05) is 42.1 Å². The molecule has 19 heavy (non-hydrogen) atoms. The van der Waals surface area contributed by atoms with Crippen molar-refractivity contribution in [1.82, 2.24) is 15.0 Å². The lowest BCUT2D eigenvalue weighted by Gasteiger charge is -2.08. The van der Waals surface area contributed by atoms with E-state index in [0.717, 1.165) is 5.75 Å². The molecule has 1 aromatic heterocycles. The summed E-state index contributed by atoms with van der Waals surface area (Å²) in [6.07, 6.45) is 0.00812. The molecule has 5 nitrogen and oxygen atoms in total. The molecule has 0 saturated heterocycles. The second kappa shape index (κ2) is 6.38. The van der Waals surface area contributed by atoms with Gasteiger partial charge >= 0.3 is 6.01 Å². The summed E-state index contributed by atoms with van der Waals surface area (Å²) in [4.78, 5) is 12.3. The molecule has 0 aliphatic heterocycles. The highest BCUT2D eigenvalue weighted by Gasteiger charge is 2.07. The second-order valence-electron chi connectivity index (χ2n) is 4.20. The molecule has 0 spiro atoms. The minimum absolute atomic E-state index is 0.00812. The SMILES string of the molecule is CC(C)Oc1nc(N)nc(SCc2ccccc2)n1. The van der Waals surface area contributed by atoms with Crippen molar-refractivity contribution in [2.45, 2.75) is 30.9 Å². The van der Waals surface area contributed by atoms with Crippen LogP contribution in [0.25, 0.3) is 0 Å². The van der Waals surface area contributed by atoms with Crippen LogP contribution in [0.5, 0.6) is 6.01 Å². The standard InChI is InChI=1S/C13H16N4OS/c1-9(2)18-12-15-11(14)16-13(17-12)19-8-10-6-4-3-5-7-10/h3-7,9H,8H2,1-2H3,(H2,14,15,16,17). The van der Waals surface area contributed by atoms with Crippen LogP contribution in [0.4, 0.5) is 5.95 Å². The number of nitrogen functional groups attached to an aromatic ring is 1. The van der Waals surface area contributed by atoms with Gasteiger partial charge in [0.2, 0.25) is 5.95 Å². The molecule has 100 valence electrons. The molecular formula is C13H16N4OS. The van der Waals surface area contributed by atoms with Crippen LogP contribution in [-0.4, -0.2) is 21.1 Å². The lowest BCUT2D eigenvalue weighted by Crippen LogP contribution is -2.10. The first kappa shape index (κ1) is 13.6. The fourth-order valence-corrected chi connectivity index (χ4v) is 2.19. The third kappa shape index (κ3) is 4.40. The molecule has 0 radical (unpaired) electrons. The zero-order valence-corrected chi connectivity index (χ0v) is 11.7. The lowest BCUT2D eigenvalue weighted by atomic mass is 10.2. The van der Waals surface area contributed by atoms with E-state index in [0.29, 0.717) is 5.16 Å². The molecule has 0 aliphatic rings. The maximum absolute atomic E-state index is 5.65. The first-order valence-electron chi connectivity index (χ1n) is 5.98. The van der Waals surface area contributed by atoms with Crippen LogP contribution in [0.2, 0.25) is 0 Å². The zero-order valence-electron chi connectivity index (χ0n) is 10.9. The van der Waals surface area contributed by atoms with Crippen LogP contribution >= 0.6 is 11.8 Å². The number of hydrogen-bond donors (Lipinski definition) is 1. The summed E-state index contributed by atoms with van der Waals surface area (Å²) in [5.74, 6) is 0.965. The summed E-state index contributed by atoms with van der Waals surface area (Å²) in [7, 11) is 0. The highest BCUT2D eigenvalue weighted by Crippen LogP contribution is 2.21. The Bertz CT molecular complexity index is 533. The van der Waals surface area contributed by atoms with Crippen LogP contribution in [0.3, 0.4) is 0 Å². The van der Waals surface area contributed by atoms with Crippen LogP contribution in [-0.2, 0) is 5.75 Å². The number of aromatic nitrogens is 3. The number of ether oxygens (including phenoxy) is 1. The fourth-order valence-electron chi connectivity index (χ4n) is 1.40. The van der Waals surface area contributed by atoms with Crippen LogP contribution in [0.1, 0.15) is 19.4 Å². The van der Waals surface area contributed by atoms with E-state index in [4.69, 9.17) is 10.5 Å². The predicted molar refractivity (Wildman–Crippen MR) is 76.0 cm³/mol. The fraction of sp³-hybridized carbons (Fsp3) is 0.308. The van der Waals surface area contributed by atoms with Crippen LogP contribution in [0, 0.1) is 0 Å². The minimum Gasteiger partial charge on any atom is -0.461 e. The van der Waals surface area contributed by atoms with Crippen molar-refractivity contribution < 1.29 is 4.74 Å². The summed E-state index contributed by atoms with van der Waals surface area (Å²) in [5.41, 5.74) is 6.85. The van der Waals surface area contributed by atoms with Gasteiger partial charge in [-0.2, -0.15) is 15.0 Å². The van der Waals surface area contributed by atoms with Crippen molar-refractivity contribution in [3.63, 3.8) is 0 Å². The number of nitrogens with two attached hydrogens (primary N) is 1. The van der Waals surface area contributed by atoms with E-state index >= 15 is 0 Å². The van der Waals surface area contributed by atoms with Crippen molar-refractivity contribution in [1.29, 1.82) is 0 Å². The van der Waals surface area contributed by atoms with Crippen molar-refractivity contribution in [3.05, 3.63) is 35.9 Å². The van der Waals surface area contributed by atoms with Gasteiger partial charge in [-0.3, -0.25) is 0 Å². The molecule has 2 aromatic rings. The van der Waals surface area contributed by atoms with E-state index < -0.39 is 0 Å². The van der Waals surface area contributed by atoms with E-state index in [1.54, 1.807) is 0 Å². The van der Waals surface area contributed by atoms with Gasteiger partial charge in [-0.25, -0.2) is 0 Å². The van der Waals surface area contributed by atoms with Gasteiger partial charge in [-0.15, -0.1) is 0 Å². The average molecular weight is 276 g/mol. The maximum atomic E-state index is 5.65. The van der Waals surface area contributed by atoms with Gasteiger partial charge in [-0.05, 0) is 19.4 Å². The molecule has 0 unspecified atom stereocenters. The summed E-state index contributed by atoms with van der Waals surface area (Å²) in [5, 5.41) is 0.576. The zero-order chi connectivity index (χ0) is 13.7. The number of nitrogens with zero attached hydrogens (tertiary/aromatic N) is 3. The summed E-state index contributed by atoms with van der Waals surface area (Å²) in [6.45, 7) is 3.83. The molecule has 0 atom stereocenters. The molecule has 1 aromatic carbocycles. The van der Waals surface area contributed by atoms with E-state index in [1.165, 1.54) is 17.3 Å². The van der Waals surface area contributed by atoms with Gasteiger partial charge in [0, 0.05) is 5.75 Å². The van der Waals surface area contributed by atoms with Crippen LogP contribution in [0.15, 0.2) is 35.5 Å².